The van der Waals surface area contributed by atoms with E-state index in [1.54, 1.807) is 12.1 Å². The number of benzene rings is 1. The first kappa shape index (κ1) is 15.2. The van der Waals surface area contributed by atoms with Crippen molar-refractivity contribution in [3.63, 3.8) is 0 Å². The smallest absolute Gasteiger partial charge is 0.282 e. The molecular formula is C15H9F3N6O. The molecule has 3 heterocycles. The Hall–Kier alpha value is -3.30. The van der Waals surface area contributed by atoms with Gasteiger partial charge in [-0.05, 0) is 25.1 Å². The summed E-state index contributed by atoms with van der Waals surface area (Å²) in [6.45, 7) is 1.91. The van der Waals surface area contributed by atoms with Crippen LogP contribution in [0.15, 0.2) is 41.3 Å². The second-order valence-electron chi connectivity index (χ2n) is 5.41. The maximum Gasteiger partial charge on any atom is 0.453 e. The molecule has 0 atom stereocenters. The van der Waals surface area contributed by atoms with Crippen LogP contribution in [0.3, 0.4) is 0 Å². The van der Waals surface area contributed by atoms with E-state index in [9.17, 15) is 18.0 Å². The molecule has 25 heavy (non-hydrogen) atoms. The van der Waals surface area contributed by atoms with Crippen LogP contribution >= 0.6 is 0 Å². The maximum atomic E-state index is 12.8. The SMILES string of the molecule is Cc1ccc(-n2ccc3c(nnc4nc(C(F)(F)F)nn43)c2=O)cc1. The first-order valence-electron chi connectivity index (χ1n) is 7.14. The summed E-state index contributed by atoms with van der Waals surface area (Å²) in [7, 11) is 0. The van der Waals surface area contributed by atoms with Crippen molar-refractivity contribution in [2.75, 3.05) is 0 Å². The Morgan fingerprint density at radius 2 is 1.76 bits per heavy atom. The Morgan fingerprint density at radius 3 is 2.44 bits per heavy atom. The van der Waals surface area contributed by atoms with Gasteiger partial charge in [0.05, 0.1) is 0 Å². The Balaban J connectivity index is 1.97. The zero-order valence-corrected chi connectivity index (χ0v) is 12.7. The number of nitrogens with zero attached hydrogens (tertiary/aromatic N) is 6. The fraction of sp³-hybridized carbons (Fsp3) is 0.133. The predicted octanol–water partition coefficient (Wildman–Crippen LogP) is 2.15. The van der Waals surface area contributed by atoms with Crippen LogP contribution in [-0.2, 0) is 6.18 Å². The fourth-order valence-corrected chi connectivity index (χ4v) is 2.43. The number of rotatable bonds is 1. The summed E-state index contributed by atoms with van der Waals surface area (Å²) in [4.78, 5) is 15.9. The quantitative estimate of drug-likeness (QED) is 0.528. The number of hydrogen-bond acceptors (Lipinski definition) is 5. The van der Waals surface area contributed by atoms with E-state index in [0.29, 0.717) is 5.69 Å². The van der Waals surface area contributed by atoms with Gasteiger partial charge in [0.25, 0.3) is 17.2 Å². The van der Waals surface area contributed by atoms with Crippen LogP contribution < -0.4 is 5.56 Å². The molecular weight excluding hydrogens is 337 g/mol. The molecule has 0 saturated carbocycles. The van der Waals surface area contributed by atoms with Crippen molar-refractivity contribution in [3.8, 4) is 5.69 Å². The summed E-state index contributed by atoms with van der Waals surface area (Å²) in [5.74, 6) is -1.66. The van der Waals surface area contributed by atoms with E-state index in [2.05, 4.69) is 20.3 Å². The Labute approximate surface area is 137 Å². The van der Waals surface area contributed by atoms with Crippen LogP contribution in [0, 0.1) is 6.92 Å². The lowest BCUT2D eigenvalue weighted by Crippen LogP contribution is -2.20. The minimum absolute atomic E-state index is 0.0985. The Bertz CT molecular complexity index is 1160. The third-order valence-corrected chi connectivity index (χ3v) is 3.67. The highest BCUT2D eigenvalue weighted by atomic mass is 19.4. The molecule has 0 aliphatic rings. The van der Waals surface area contributed by atoms with Crippen molar-refractivity contribution in [2.24, 2.45) is 0 Å². The molecule has 0 fully saturated rings. The minimum atomic E-state index is -4.71. The van der Waals surface area contributed by atoms with Crippen molar-refractivity contribution in [2.45, 2.75) is 13.1 Å². The molecule has 0 unspecified atom stereocenters. The van der Waals surface area contributed by atoms with Gasteiger partial charge in [-0.3, -0.25) is 9.36 Å². The van der Waals surface area contributed by atoms with Gasteiger partial charge in [0, 0.05) is 11.9 Å². The molecule has 0 radical (unpaired) electrons. The monoisotopic (exact) mass is 346 g/mol. The summed E-state index contributed by atoms with van der Waals surface area (Å²) < 4.78 is 40.5. The highest BCUT2D eigenvalue weighted by Crippen LogP contribution is 2.26. The van der Waals surface area contributed by atoms with Crippen LogP contribution in [0.1, 0.15) is 11.4 Å². The predicted molar refractivity (Wildman–Crippen MR) is 81.4 cm³/mol. The van der Waals surface area contributed by atoms with E-state index >= 15 is 0 Å². The standard InChI is InChI=1S/C15H9F3N6O/c1-8-2-4-9(5-3-8)23-7-6-10-11(12(23)25)20-21-14-19-13(15(16,17)18)22-24(10)14/h2-7H,1H3. The molecule has 4 rings (SSSR count). The van der Waals surface area contributed by atoms with Gasteiger partial charge in [-0.1, -0.05) is 17.7 Å². The number of aryl methyl sites for hydroxylation is 1. The van der Waals surface area contributed by atoms with Crippen molar-refractivity contribution in [1.29, 1.82) is 0 Å². The van der Waals surface area contributed by atoms with E-state index in [4.69, 9.17) is 0 Å². The third kappa shape index (κ3) is 2.42. The Morgan fingerprint density at radius 1 is 1.04 bits per heavy atom. The summed E-state index contributed by atoms with van der Waals surface area (Å²) in [5.41, 5.74) is 1.12. The fourth-order valence-electron chi connectivity index (χ4n) is 2.43. The van der Waals surface area contributed by atoms with Crippen LogP contribution in [-0.4, -0.2) is 29.4 Å². The highest BCUT2D eigenvalue weighted by molar-refractivity contribution is 5.74. The van der Waals surface area contributed by atoms with E-state index < -0.39 is 17.6 Å². The highest BCUT2D eigenvalue weighted by Gasteiger charge is 2.36. The van der Waals surface area contributed by atoms with Gasteiger partial charge >= 0.3 is 6.18 Å². The topological polar surface area (TPSA) is 78.0 Å². The molecule has 0 aliphatic carbocycles. The molecule has 3 aromatic heterocycles. The molecule has 0 N–H and O–H groups in total. The summed E-state index contributed by atoms with van der Waals surface area (Å²) in [6.07, 6.45) is -3.26. The van der Waals surface area contributed by atoms with E-state index in [0.717, 1.165) is 10.1 Å². The number of alkyl halides is 3. The molecule has 0 amide bonds. The van der Waals surface area contributed by atoms with Gasteiger partial charge in [0.1, 0.15) is 5.52 Å². The number of hydrogen-bond donors (Lipinski definition) is 0. The maximum absolute atomic E-state index is 12.8. The van der Waals surface area contributed by atoms with Crippen LogP contribution in [0.5, 0.6) is 0 Å². The molecule has 1 aromatic carbocycles. The van der Waals surface area contributed by atoms with Gasteiger partial charge in [-0.25, -0.2) is 0 Å². The van der Waals surface area contributed by atoms with Gasteiger partial charge in [0.2, 0.25) is 0 Å². The summed E-state index contributed by atoms with van der Waals surface area (Å²) in [5, 5.41) is 10.7. The molecule has 7 nitrogen and oxygen atoms in total. The largest absolute Gasteiger partial charge is 0.453 e. The molecule has 126 valence electrons. The molecule has 0 saturated heterocycles. The second kappa shape index (κ2) is 5.10. The van der Waals surface area contributed by atoms with Crippen LogP contribution in [0.25, 0.3) is 22.5 Å². The van der Waals surface area contributed by atoms with Crippen molar-refractivity contribution in [3.05, 3.63) is 58.3 Å². The lowest BCUT2D eigenvalue weighted by molar-refractivity contribution is -0.144. The van der Waals surface area contributed by atoms with Gasteiger partial charge in [-0.15, -0.1) is 15.3 Å². The van der Waals surface area contributed by atoms with E-state index in [1.165, 1.54) is 16.8 Å². The average Bonchev–Trinajstić information content (AvgIpc) is 3.01. The van der Waals surface area contributed by atoms with Gasteiger partial charge < -0.3 is 0 Å². The van der Waals surface area contributed by atoms with Crippen molar-refractivity contribution >= 4 is 16.8 Å². The van der Waals surface area contributed by atoms with Gasteiger partial charge in [-0.2, -0.15) is 22.7 Å². The number of halogens is 3. The zero-order chi connectivity index (χ0) is 17.8. The summed E-state index contributed by atoms with van der Waals surface area (Å²) in [6, 6.07) is 8.65. The molecule has 10 heteroatoms. The number of fused-ring (bicyclic) bond motifs is 3. The minimum Gasteiger partial charge on any atom is -0.282 e. The normalized spacial score (nSPS) is 12.2. The van der Waals surface area contributed by atoms with Crippen molar-refractivity contribution in [1.82, 2.24) is 29.4 Å². The van der Waals surface area contributed by atoms with E-state index in [1.807, 2.05) is 19.1 Å². The molecule has 4 aromatic rings. The Kier molecular flexibility index (Phi) is 3.11. The second-order valence-corrected chi connectivity index (χ2v) is 5.41. The summed E-state index contributed by atoms with van der Waals surface area (Å²) >= 11 is 0. The van der Waals surface area contributed by atoms with Crippen LogP contribution in [0.4, 0.5) is 13.2 Å². The van der Waals surface area contributed by atoms with Gasteiger partial charge in [0.15, 0.2) is 5.52 Å². The average molecular weight is 346 g/mol. The van der Waals surface area contributed by atoms with Crippen LogP contribution in [0.2, 0.25) is 0 Å². The van der Waals surface area contributed by atoms with Crippen molar-refractivity contribution < 1.29 is 13.2 Å². The first-order valence-corrected chi connectivity index (χ1v) is 7.14. The van der Waals surface area contributed by atoms with E-state index in [-0.39, 0.29) is 16.8 Å². The lowest BCUT2D eigenvalue weighted by Gasteiger charge is -2.07. The number of aromatic nitrogens is 6. The third-order valence-electron chi connectivity index (χ3n) is 3.67. The molecule has 0 bridgehead atoms. The zero-order valence-electron chi connectivity index (χ0n) is 12.7. The molecule has 0 spiro atoms. The molecule has 0 aliphatic heterocycles. The first-order chi connectivity index (χ1) is 11.8. The number of pyridine rings is 1. The lowest BCUT2D eigenvalue weighted by atomic mass is 10.2.